The molecule has 0 bridgehead atoms. The normalized spacial score (nSPS) is 33.9. The number of rotatable bonds is 1. The highest BCUT2D eigenvalue weighted by molar-refractivity contribution is 5.07. The van der Waals surface area contributed by atoms with Crippen LogP contribution in [0, 0.1) is 0 Å². The zero-order chi connectivity index (χ0) is 6.74. The van der Waals surface area contributed by atoms with Gasteiger partial charge in [-0.2, -0.15) is 0 Å². The summed E-state index contributed by atoms with van der Waals surface area (Å²) in [5, 5.41) is 3.17. The Morgan fingerprint density at radius 2 is 2.56 bits per heavy atom. The van der Waals surface area contributed by atoms with Gasteiger partial charge in [-0.3, -0.25) is 0 Å². The lowest BCUT2D eigenvalue weighted by atomic mass is 10.0. The van der Waals surface area contributed by atoms with E-state index in [2.05, 4.69) is 17.6 Å². The van der Waals surface area contributed by atoms with Crippen molar-refractivity contribution in [1.82, 2.24) is 5.32 Å². The molecule has 1 atom stereocenters. The number of hydrogen-bond acceptors (Lipinski definition) is 2. The summed E-state index contributed by atoms with van der Waals surface area (Å²) in [6.07, 6.45) is 2.84. The summed E-state index contributed by atoms with van der Waals surface area (Å²) < 4.78 is 0. The molecule has 0 aromatic carbocycles. The maximum absolute atomic E-state index is 5.85. The van der Waals surface area contributed by atoms with E-state index in [-0.39, 0.29) is 5.54 Å². The second-order valence-electron chi connectivity index (χ2n) is 2.51. The van der Waals surface area contributed by atoms with E-state index < -0.39 is 0 Å². The summed E-state index contributed by atoms with van der Waals surface area (Å²) in [5.41, 5.74) is 8.39. The molecule has 2 heteroatoms. The van der Waals surface area contributed by atoms with E-state index in [1.807, 2.05) is 6.08 Å². The van der Waals surface area contributed by atoms with Crippen molar-refractivity contribution in [2.75, 3.05) is 13.1 Å². The maximum atomic E-state index is 5.85. The molecule has 50 valence electrons. The van der Waals surface area contributed by atoms with Crippen LogP contribution in [0.4, 0.5) is 0 Å². The summed E-state index contributed by atoms with van der Waals surface area (Å²) in [4.78, 5) is 0. The first-order valence-electron chi connectivity index (χ1n) is 3.13. The number of nitrogens with two attached hydrogens (primary N) is 1. The van der Waals surface area contributed by atoms with Gasteiger partial charge in [0.1, 0.15) is 0 Å². The molecule has 0 aromatic rings. The average molecular weight is 124 g/mol. The lowest BCUT2D eigenvalue weighted by molar-refractivity contribution is 0.585. The largest absolute Gasteiger partial charge is 0.320 e. The van der Waals surface area contributed by atoms with Crippen LogP contribution in [-0.2, 0) is 0 Å². The predicted octanol–water partition coefficient (Wildman–Crippen LogP) is 0.0183. The van der Waals surface area contributed by atoms with Gasteiger partial charge in [-0.05, 0) is 19.0 Å². The molecule has 0 spiro atoms. The van der Waals surface area contributed by atoms with Gasteiger partial charge in [0.05, 0.1) is 5.54 Å². The van der Waals surface area contributed by atoms with Crippen LogP contribution in [0.1, 0.15) is 6.42 Å². The fraction of sp³-hybridized carbons (Fsp3) is 0.571. The van der Waals surface area contributed by atoms with Gasteiger partial charge in [-0.15, -0.1) is 5.73 Å². The van der Waals surface area contributed by atoms with Crippen molar-refractivity contribution < 1.29 is 0 Å². The minimum Gasteiger partial charge on any atom is -0.320 e. The van der Waals surface area contributed by atoms with Crippen LogP contribution in [0.25, 0.3) is 0 Å². The SMILES string of the molecule is C=C=C[C@@]1(N)CCNC1. The first-order valence-corrected chi connectivity index (χ1v) is 3.13. The second-order valence-corrected chi connectivity index (χ2v) is 2.51. The Kier molecular flexibility index (Phi) is 1.72. The molecule has 1 saturated heterocycles. The van der Waals surface area contributed by atoms with Gasteiger partial charge in [0.25, 0.3) is 0 Å². The molecule has 0 aliphatic carbocycles. The van der Waals surface area contributed by atoms with Gasteiger partial charge in [0.15, 0.2) is 0 Å². The van der Waals surface area contributed by atoms with Crippen LogP contribution in [0.2, 0.25) is 0 Å². The van der Waals surface area contributed by atoms with Crippen LogP contribution in [-0.4, -0.2) is 18.6 Å². The van der Waals surface area contributed by atoms with Crippen molar-refractivity contribution in [1.29, 1.82) is 0 Å². The monoisotopic (exact) mass is 124 g/mol. The molecular formula is C7H12N2. The van der Waals surface area contributed by atoms with Crippen molar-refractivity contribution in [3.05, 3.63) is 18.4 Å². The smallest absolute Gasteiger partial charge is 0.0552 e. The van der Waals surface area contributed by atoms with Crippen molar-refractivity contribution in [2.45, 2.75) is 12.0 Å². The highest BCUT2D eigenvalue weighted by Crippen LogP contribution is 2.10. The molecule has 0 saturated carbocycles. The van der Waals surface area contributed by atoms with Crippen LogP contribution in [0.3, 0.4) is 0 Å². The molecule has 1 rings (SSSR count). The molecular weight excluding hydrogens is 112 g/mol. The number of hydrogen-bond donors (Lipinski definition) is 2. The van der Waals surface area contributed by atoms with E-state index >= 15 is 0 Å². The Labute approximate surface area is 55.4 Å². The molecule has 0 unspecified atom stereocenters. The predicted molar refractivity (Wildman–Crippen MR) is 38.1 cm³/mol. The van der Waals surface area contributed by atoms with E-state index in [0.717, 1.165) is 19.5 Å². The molecule has 1 aliphatic heterocycles. The summed E-state index contributed by atoms with van der Waals surface area (Å²) in [7, 11) is 0. The summed E-state index contributed by atoms with van der Waals surface area (Å²) >= 11 is 0. The fourth-order valence-electron chi connectivity index (χ4n) is 1.06. The van der Waals surface area contributed by atoms with Gasteiger partial charge in [-0.1, -0.05) is 6.58 Å². The van der Waals surface area contributed by atoms with Crippen LogP contribution < -0.4 is 11.1 Å². The summed E-state index contributed by atoms with van der Waals surface area (Å²) in [6.45, 7) is 5.35. The minimum absolute atomic E-state index is 0.165. The molecule has 9 heavy (non-hydrogen) atoms. The van der Waals surface area contributed by atoms with Crippen molar-refractivity contribution in [2.24, 2.45) is 5.73 Å². The van der Waals surface area contributed by atoms with E-state index in [0.29, 0.717) is 0 Å². The van der Waals surface area contributed by atoms with Crippen LogP contribution in [0.15, 0.2) is 18.4 Å². The van der Waals surface area contributed by atoms with Crippen molar-refractivity contribution in [3.63, 3.8) is 0 Å². The Hall–Kier alpha value is -0.560. The standard InChI is InChI=1S/C7H12N2/c1-2-3-7(8)4-5-9-6-7/h3,9H,1,4-6,8H2/t7-/m1/s1. The fourth-order valence-corrected chi connectivity index (χ4v) is 1.06. The third-order valence-corrected chi connectivity index (χ3v) is 1.61. The second kappa shape index (κ2) is 2.36. The first-order chi connectivity index (χ1) is 4.27. The Morgan fingerprint density at radius 1 is 1.78 bits per heavy atom. The quantitative estimate of drug-likeness (QED) is 0.483. The Bertz CT molecular complexity index is 139. The average Bonchev–Trinajstić information content (AvgIpc) is 2.16. The van der Waals surface area contributed by atoms with Crippen molar-refractivity contribution in [3.8, 4) is 0 Å². The Balaban J connectivity index is 2.61. The van der Waals surface area contributed by atoms with E-state index in [1.165, 1.54) is 0 Å². The van der Waals surface area contributed by atoms with Crippen molar-refractivity contribution >= 4 is 0 Å². The summed E-state index contributed by atoms with van der Waals surface area (Å²) in [5.74, 6) is 0. The van der Waals surface area contributed by atoms with Gasteiger partial charge < -0.3 is 11.1 Å². The highest BCUT2D eigenvalue weighted by atomic mass is 15.0. The van der Waals surface area contributed by atoms with Gasteiger partial charge in [0, 0.05) is 6.54 Å². The van der Waals surface area contributed by atoms with E-state index in [9.17, 15) is 0 Å². The third kappa shape index (κ3) is 1.42. The molecule has 2 nitrogen and oxygen atoms in total. The highest BCUT2D eigenvalue weighted by Gasteiger charge is 2.25. The van der Waals surface area contributed by atoms with Gasteiger partial charge >= 0.3 is 0 Å². The van der Waals surface area contributed by atoms with E-state index in [4.69, 9.17) is 5.73 Å². The first kappa shape index (κ1) is 6.56. The third-order valence-electron chi connectivity index (χ3n) is 1.61. The number of nitrogens with one attached hydrogen (secondary N) is 1. The minimum atomic E-state index is -0.165. The molecule has 0 amide bonds. The van der Waals surface area contributed by atoms with Gasteiger partial charge in [-0.25, -0.2) is 0 Å². The maximum Gasteiger partial charge on any atom is 0.0552 e. The molecule has 1 heterocycles. The van der Waals surface area contributed by atoms with Crippen LogP contribution in [0.5, 0.6) is 0 Å². The molecule has 0 aromatic heterocycles. The van der Waals surface area contributed by atoms with E-state index in [1.54, 1.807) is 0 Å². The zero-order valence-corrected chi connectivity index (χ0v) is 5.48. The van der Waals surface area contributed by atoms with Crippen LogP contribution >= 0.6 is 0 Å². The van der Waals surface area contributed by atoms with Gasteiger partial charge in [0.2, 0.25) is 0 Å². The molecule has 1 aliphatic rings. The lowest BCUT2D eigenvalue weighted by Gasteiger charge is -2.14. The Morgan fingerprint density at radius 3 is 3.00 bits per heavy atom. The summed E-state index contributed by atoms with van der Waals surface area (Å²) in [6, 6.07) is 0. The lowest BCUT2D eigenvalue weighted by Crippen LogP contribution is -2.39. The molecule has 3 N–H and O–H groups in total. The molecule has 1 fully saturated rings. The molecule has 0 radical (unpaired) electrons. The topological polar surface area (TPSA) is 38.0 Å². The zero-order valence-electron chi connectivity index (χ0n) is 5.48.